The Hall–Kier alpha value is -1.02. The van der Waals surface area contributed by atoms with Gasteiger partial charge < -0.3 is 9.84 Å². The van der Waals surface area contributed by atoms with Crippen molar-refractivity contribution >= 4 is 0 Å². The normalized spacial score (nSPS) is 30.1. The molecule has 0 aliphatic heterocycles. The van der Waals surface area contributed by atoms with Crippen molar-refractivity contribution < 1.29 is 9.84 Å². The molecule has 1 fully saturated rings. The Bertz CT molecular complexity index is 340. The summed E-state index contributed by atoms with van der Waals surface area (Å²) in [6.45, 7) is 1.96. The fraction of sp³-hybridized carbons (Fsp3) is 0.571. The van der Waals surface area contributed by atoms with Crippen LogP contribution in [0.2, 0.25) is 0 Å². The maximum atomic E-state index is 10.4. The van der Waals surface area contributed by atoms with E-state index in [1.807, 2.05) is 19.1 Å². The quantitative estimate of drug-likeness (QED) is 0.829. The minimum atomic E-state index is -0.549. The zero-order chi connectivity index (χ0) is 11.6. The van der Waals surface area contributed by atoms with Crippen LogP contribution < -0.4 is 4.74 Å². The minimum absolute atomic E-state index is 0.271. The van der Waals surface area contributed by atoms with Crippen LogP contribution in [-0.2, 0) is 0 Å². The van der Waals surface area contributed by atoms with Crippen LogP contribution in [0.5, 0.6) is 5.75 Å². The zero-order valence-electron chi connectivity index (χ0n) is 10.1. The van der Waals surface area contributed by atoms with E-state index in [2.05, 4.69) is 12.1 Å². The Morgan fingerprint density at radius 2 is 1.94 bits per heavy atom. The summed E-state index contributed by atoms with van der Waals surface area (Å²) in [5.41, 5.74) is 0.679. The fourth-order valence-corrected chi connectivity index (χ4v) is 2.68. The molecule has 0 aromatic heterocycles. The molecule has 1 aliphatic carbocycles. The molecule has 1 aliphatic rings. The summed E-state index contributed by atoms with van der Waals surface area (Å²) >= 11 is 0. The predicted molar refractivity (Wildman–Crippen MR) is 64.8 cm³/mol. The number of ether oxygens (including phenoxy) is 1. The molecule has 1 N–H and O–H groups in total. The van der Waals surface area contributed by atoms with Crippen molar-refractivity contribution in [3.05, 3.63) is 29.8 Å². The highest BCUT2D eigenvalue weighted by atomic mass is 16.5. The van der Waals surface area contributed by atoms with Crippen molar-refractivity contribution in [1.29, 1.82) is 0 Å². The Morgan fingerprint density at radius 1 is 1.25 bits per heavy atom. The molecule has 0 unspecified atom stereocenters. The molecule has 1 aromatic rings. The third kappa shape index (κ3) is 2.22. The number of benzene rings is 1. The monoisotopic (exact) mass is 220 g/mol. The van der Waals surface area contributed by atoms with Crippen LogP contribution in [-0.4, -0.2) is 17.8 Å². The van der Waals surface area contributed by atoms with E-state index < -0.39 is 5.60 Å². The highest BCUT2D eigenvalue weighted by Crippen LogP contribution is 2.40. The van der Waals surface area contributed by atoms with Crippen molar-refractivity contribution in [3.8, 4) is 5.75 Å². The molecular weight excluding hydrogens is 200 g/mol. The van der Waals surface area contributed by atoms with E-state index in [0.29, 0.717) is 0 Å². The SMILES string of the molecule is COc1ccc([C@H]2CCCC[C@]2(C)O)cc1. The molecule has 0 radical (unpaired) electrons. The first-order valence-corrected chi connectivity index (χ1v) is 6.00. The molecule has 1 saturated carbocycles. The molecule has 2 nitrogen and oxygen atoms in total. The average molecular weight is 220 g/mol. The minimum Gasteiger partial charge on any atom is -0.497 e. The van der Waals surface area contributed by atoms with E-state index in [0.717, 1.165) is 25.0 Å². The summed E-state index contributed by atoms with van der Waals surface area (Å²) in [5.74, 6) is 1.14. The van der Waals surface area contributed by atoms with Gasteiger partial charge in [0.05, 0.1) is 12.7 Å². The Balaban J connectivity index is 2.21. The summed E-state index contributed by atoms with van der Waals surface area (Å²) < 4.78 is 5.15. The van der Waals surface area contributed by atoms with Gasteiger partial charge in [-0.25, -0.2) is 0 Å². The van der Waals surface area contributed by atoms with E-state index in [1.165, 1.54) is 12.0 Å². The lowest BCUT2D eigenvalue weighted by Gasteiger charge is -2.37. The van der Waals surface area contributed by atoms with Crippen LogP contribution >= 0.6 is 0 Å². The van der Waals surface area contributed by atoms with Gasteiger partial charge in [-0.2, -0.15) is 0 Å². The molecule has 1 aromatic carbocycles. The summed E-state index contributed by atoms with van der Waals surface area (Å²) in [7, 11) is 1.67. The molecule has 2 rings (SSSR count). The Labute approximate surface area is 97.3 Å². The summed E-state index contributed by atoms with van der Waals surface area (Å²) in [4.78, 5) is 0. The molecule has 0 amide bonds. The summed E-state index contributed by atoms with van der Waals surface area (Å²) in [6.07, 6.45) is 4.34. The molecule has 2 heteroatoms. The third-order valence-corrected chi connectivity index (χ3v) is 3.69. The predicted octanol–water partition coefficient (Wildman–Crippen LogP) is 3.10. The number of hydrogen-bond donors (Lipinski definition) is 1. The van der Waals surface area contributed by atoms with Crippen molar-refractivity contribution in [2.45, 2.75) is 44.1 Å². The van der Waals surface area contributed by atoms with Gasteiger partial charge in [0.15, 0.2) is 0 Å². The first-order valence-electron chi connectivity index (χ1n) is 6.00. The topological polar surface area (TPSA) is 29.5 Å². The second-order valence-corrected chi connectivity index (χ2v) is 4.93. The van der Waals surface area contributed by atoms with Gasteiger partial charge in [0, 0.05) is 5.92 Å². The molecule has 0 saturated heterocycles. The number of aliphatic hydroxyl groups is 1. The fourth-order valence-electron chi connectivity index (χ4n) is 2.68. The van der Waals surface area contributed by atoms with Crippen molar-refractivity contribution in [1.82, 2.24) is 0 Å². The Morgan fingerprint density at radius 3 is 2.50 bits per heavy atom. The third-order valence-electron chi connectivity index (χ3n) is 3.69. The summed E-state index contributed by atoms with van der Waals surface area (Å²) in [6, 6.07) is 8.09. The maximum Gasteiger partial charge on any atom is 0.118 e. The van der Waals surface area contributed by atoms with Crippen molar-refractivity contribution in [3.63, 3.8) is 0 Å². The molecule has 0 bridgehead atoms. The second-order valence-electron chi connectivity index (χ2n) is 4.93. The summed E-state index contributed by atoms with van der Waals surface area (Å²) in [5, 5.41) is 10.4. The van der Waals surface area contributed by atoms with E-state index in [4.69, 9.17) is 4.74 Å². The molecular formula is C14H20O2. The lowest BCUT2D eigenvalue weighted by molar-refractivity contribution is 0.000646. The van der Waals surface area contributed by atoms with Crippen LogP contribution in [0.15, 0.2) is 24.3 Å². The van der Waals surface area contributed by atoms with E-state index in [1.54, 1.807) is 7.11 Å². The van der Waals surface area contributed by atoms with Gasteiger partial charge in [0.1, 0.15) is 5.75 Å². The highest BCUT2D eigenvalue weighted by molar-refractivity contribution is 5.31. The first kappa shape index (κ1) is 11.5. The van der Waals surface area contributed by atoms with Crippen LogP contribution in [0.25, 0.3) is 0 Å². The van der Waals surface area contributed by atoms with E-state index in [9.17, 15) is 5.11 Å². The number of methoxy groups -OCH3 is 1. The number of hydrogen-bond acceptors (Lipinski definition) is 2. The van der Waals surface area contributed by atoms with Gasteiger partial charge in [-0.3, -0.25) is 0 Å². The van der Waals surface area contributed by atoms with Gasteiger partial charge in [-0.1, -0.05) is 25.0 Å². The van der Waals surface area contributed by atoms with Crippen molar-refractivity contribution in [2.24, 2.45) is 0 Å². The van der Waals surface area contributed by atoms with Crippen LogP contribution in [0.3, 0.4) is 0 Å². The van der Waals surface area contributed by atoms with E-state index >= 15 is 0 Å². The standard InChI is InChI=1S/C14H20O2/c1-14(15)10-4-3-5-13(14)11-6-8-12(16-2)9-7-11/h6-9,13,15H,3-5,10H2,1-2H3/t13-,14+/m1/s1. The number of rotatable bonds is 2. The van der Waals surface area contributed by atoms with E-state index in [-0.39, 0.29) is 5.92 Å². The molecule has 0 heterocycles. The maximum absolute atomic E-state index is 10.4. The van der Waals surface area contributed by atoms with Gasteiger partial charge in [-0.15, -0.1) is 0 Å². The second kappa shape index (κ2) is 4.46. The first-order chi connectivity index (χ1) is 7.63. The largest absolute Gasteiger partial charge is 0.497 e. The zero-order valence-corrected chi connectivity index (χ0v) is 10.1. The lowest BCUT2D eigenvalue weighted by Crippen LogP contribution is -2.35. The van der Waals surface area contributed by atoms with Gasteiger partial charge in [0.25, 0.3) is 0 Å². The molecule has 88 valence electrons. The smallest absolute Gasteiger partial charge is 0.118 e. The van der Waals surface area contributed by atoms with Gasteiger partial charge in [0.2, 0.25) is 0 Å². The molecule has 0 spiro atoms. The van der Waals surface area contributed by atoms with Crippen LogP contribution in [0.4, 0.5) is 0 Å². The average Bonchev–Trinajstić information content (AvgIpc) is 2.29. The highest BCUT2D eigenvalue weighted by Gasteiger charge is 2.35. The Kier molecular flexibility index (Phi) is 3.20. The van der Waals surface area contributed by atoms with Gasteiger partial charge in [-0.05, 0) is 37.5 Å². The lowest BCUT2D eigenvalue weighted by atomic mass is 9.73. The molecule has 2 atom stereocenters. The molecule has 16 heavy (non-hydrogen) atoms. The van der Waals surface area contributed by atoms with Crippen LogP contribution in [0.1, 0.15) is 44.1 Å². The van der Waals surface area contributed by atoms with Crippen LogP contribution in [0, 0.1) is 0 Å². The van der Waals surface area contributed by atoms with Crippen molar-refractivity contribution in [2.75, 3.05) is 7.11 Å². The van der Waals surface area contributed by atoms with Gasteiger partial charge >= 0.3 is 0 Å².